The minimum Gasteiger partial charge on any atom is -0.490 e. The molecule has 0 fully saturated rings. The first-order valence-corrected chi connectivity index (χ1v) is 7.69. The van der Waals surface area contributed by atoms with Crippen LogP contribution >= 0.6 is 0 Å². The van der Waals surface area contributed by atoms with Gasteiger partial charge in [0.1, 0.15) is 6.61 Å². The summed E-state index contributed by atoms with van der Waals surface area (Å²) in [6.45, 7) is 3.34. The maximum absolute atomic E-state index is 6.03. The van der Waals surface area contributed by atoms with Gasteiger partial charge in [-0.15, -0.1) is 5.21 Å². The molecule has 3 aromatic rings. The van der Waals surface area contributed by atoms with Gasteiger partial charge in [-0.05, 0) is 18.6 Å². The number of tetrazole rings is 1. The Morgan fingerprint density at radius 2 is 1.92 bits per heavy atom. The number of nitrogens with one attached hydrogen (secondary N) is 1. The van der Waals surface area contributed by atoms with Crippen molar-refractivity contribution < 1.29 is 9.47 Å². The Hall–Kier alpha value is -3.09. The van der Waals surface area contributed by atoms with Gasteiger partial charge < -0.3 is 14.8 Å². The molecule has 0 atom stereocenters. The Morgan fingerprint density at radius 3 is 2.67 bits per heavy atom. The second-order valence-electron chi connectivity index (χ2n) is 4.98. The maximum Gasteiger partial charge on any atom is 0.165 e. The van der Waals surface area contributed by atoms with E-state index in [2.05, 4.69) is 25.9 Å². The molecule has 2 aromatic carbocycles. The molecule has 1 aromatic heterocycles. The van der Waals surface area contributed by atoms with Crippen LogP contribution in [0.1, 0.15) is 18.1 Å². The summed E-state index contributed by atoms with van der Waals surface area (Å²) in [6.07, 6.45) is 0. The van der Waals surface area contributed by atoms with E-state index in [0.717, 1.165) is 11.1 Å². The van der Waals surface area contributed by atoms with Crippen LogP contribution in [0.5, 0.6) is 11.5 Å². The normalized spacial score (nSPS) is 10.4. The molecule has 3 rings (SSSR count). The molecule has 0 saturated carbocycles. The number of hydrogen-bond donors (Lipinski definition) is 1. The van der Waals surface area contributed by atoms with Crippen molar-refractivity contribution in [2.45, 2.75) is 20.1 Å². The minimum absolute atomic E-state index is 0.311. The summed E-state index contributed by atoms with van der Waals surface area (Å²) in [7, 11) is 0. The molecular weight excluding hydrogens is 306 g/mol. The highest BCUT2D eigenvalue weighted by atomic mass is 16.5. The van der Waals surface area contributed by atoms with Crippen molar-refractivity contribution in [2.75, 3.05) is 6.61 Å². The first kappa shape index (κ1) is 15.8. The van der Waals surface area contributed by atoms with Gasteiger partial charge in [0, 0.05) is 12.1 Å². The highest BCUT2D eigenvalue weighted by Gasteiger charge is 2.11. The number of para-hydroxylation sites is 1. The van der Waals surface area contributed by atoms with E-state index in [0.29, 0.717) is 37.2 Å². The molecule has 124 valence electrons. The number of aromatic nitrogens is 4. The van der Waals surface area contributed by atoms with E-state index in [1.54, 1.807) is 0 Å². The van der Waals surface area contributed by atoms with Gasteiger partial charge in [-0.25, -0.2) is 0 Å². The van der Waals surface area contributed by atoms with Crippen molar-refractivity contribution in [2.24, 2.45) is 0 Å². The number of hydrogen-bond acceptors (Lipinski definition) is 5. The van der Waals surface area contributed by atoms with Crippen LogP contribution in [-0.4, -0.2) is 27.2 Å². The number of ether oxygens (including phenoxy) is 2. The molecule has 0 aliphatic carbocycles. The lowest BCUT2D eigenvalue weighted by molar-refractivity contribution is 0.267. The summed E-state index contributed by atoms with van der Waals surface area (Å²) in [5.41, 5.74) is 1.99. The first-order chi connectivity index (χ1) is 11.9. The zero-order chi connectivity index (χ0) is 16.6. The Morgan fingerprint density at radius 1 is 1.04 bits per heavy atom. The second-order valence-corrected chi connectivity index (χ2v) is 4.98. The molecule has 7 heteroatoms. The van der Waals surface area contributed by atoms with Gasteiger partial charge in [-0.2, -0.15) is 0 Å². The van der Waals surface area contributed by atoms with Gasteiger partial charge in [-0.3, -0.25) is 15.4 Å². The number of aromatic amines is 1. The largest absolute Gasteiger partial charge is 0.490 e. The Labute approximate surface area is 140 Å². The van der Waals surface area contributed by atoms with Crippen molar-refractivity contribution in [3.63, 3.8) is 0 Å². The van der Waals surface area contributed by atoms with Crippen molar-refractivity contribution in [1.29, 1.82) is 0 Å². The molecule has 0 saturated heterocycles. The number of rotatable bonds is 8. The van der Waals surface area contributed by atoms with Gasteiger partial charge in [-0.1, -0.05) is 42.5 Å². The molecule has 7 nitrogen and oxygen atoms in total. The standard InChI is InChI=1S/C17H18N5O2/c1-2-23-15-10-6-9-14(11-18-17-19-21-22-20-17)16(15)24-12-13-7-4-3-5-8-13/h3-10H,2,11-12H2,1H3,(H-,18,19,20,21,22)/q-1. The van der Waals surface area contributed by atoms with Crippen LogP contribution in [0.3, 0.4) is 0 Å². The van der Waals surface area contributed by atoms with Crippen molar-refractivity contribution in [3.05, 3.63) is 65.0 Å². The van der Waals surface area contributed by atoms with Crippen molar-refractivity contribution in [3.8, 4) is 11.5 Å². The van der Waals surface area contributed by atoms with Gasteiger partial charge >= 0.3 is 0 Å². The molecule has 0 aliphatic rings. The lowest BCUT2D eigenvalue weighted by Crippen LogP contribution is -2.02. The molecule has 0 unspecified atom stereocenters. The van der Waals surface area contributed by atoms with Gasteiger partial charge in [0.2, 0.25) is 0 Å². The summed E-state index contributed by atoms with van der Waals surface area (Å²) in [5.74, 6) is 1.70. The Kier molecular flexibility index (Phi) is 5.24. The van der Waals surface area contributed by atoms with Crippen LogP contribution in [0.25, 0.3) is 5.32 Å². The summed E-state index contributed by atoms with van der Waals surface area (Å²) in [4.78, 5) is 0. The highest BCUT2D eigenvalue weighted by Crippen LogP contribution is 2.34. The van der Waals surface area contributed by atoms with Gasteiger partial charge in [0.15, 0.2) is 11.5 Å². The third-order valence-electron chi connectivity index (χ3n) is 3.31. The molecule has 0 bridgehead atoms. The van der Waals surface area contributed by atoms with E-state index >= 15 is 0 Å². The van der Waals surface area contributed by atoms with E-state index in [1.165, 1.54) is 0 Å². The molecule has 0 spiro atoms. The average molecular weight is 324 g/mol. The van der Waals surface area contributed by atoms with Crippen LogP contribution in [0.4, 0.5) is 5.95 Å². The Balaban J connectivity index is 1.77. The van der Waals surface area contributed by atoms with E-state index in [9.17, 15) is 0 Å². The number of H-pyrrole nitrogens is 1. The zero-order valence-electron chi connectivity index (χ0n) is 13.3. The predicted octanol–water partition coefficient (Wildman–Crippen LogP) is 3.38. The maximum atomic E-state index is 6.03. The zero-order valence-corrected chi connectivity index (χ0v) is 13.3. The molecular formula is C17H18N5O2-. The third-order valence-corrected chi connectivity index (χ3v) is 3.31. The molecule has 0 aliphatic heterocycles. The lowest BCUT2D eigenvalue weighted by Gasteiger charge is -2.17. The van der Waals surface area contributed by atoms with Crippen LogP contribution in [0.15, 0.2) is 48.5 Å². The fourth-order valence-electron chi connectivity index (χ4n) is 2.23. The van der Waals surface area contributed by atoms with E-state index in [1.807, 2.05) is 55.5 Å². The summed E-state index contributed by atoms with van der Waals surface area (Å²) < 4.78 is 11.7. The molecule has 0 radical (unpaired) electrons. The molecule has 0 amide bonds. The van der Waals surface area contributed by atoms with Crippen molar-refractivity contribution >= 4 is 5.95 Å². The number of nitrogens with zero attached hydrogens (tertiary/aromatic N) is 4. The highest BCUT2D eigenvalue weighted by molar-refractivity contribution is 5.49. The van der Waals surface area contributed by atoms with E-state index in [-0.39, 0.29) is 0 Å². The fourth-order valence-corrected chi connectivity index (χ4v) is 2.23. The van der Waals surface area contributed by atoms with Crippen LogP contribution in [0.2, 0.25) is 0 Å². The van der Waals surface area contributed by atoms with E-state index in [4.69, 9.17) is 9.47 Å². The van der Waals surface area contributed by atoms with E-state index < -0.39 is 0 Å². The Bertz CT molecular complexity index is 747. The average Bonchev–Trinajstić information content (AvgIpc) is 3.14. The number of benzene rings is 2. The van der Waals surface area contributed by atoms with Crippen LogP contribution in [-0.2, 0) is 13.2 Å². The van der Waals surface area contributed by atoms with Crippen molar-refractivity contribution in [1.82, 2.24) is 20.6 Å². The topological polar surface area (TPSA) is 87.0 Å². The smallest absolute Gasteiger partial charge is 0.165 e. The lowest BCUT2D eigenvalue weighted by atomic mass is 10.1. The quantitative estimate of drug-likeness (QED) is 0.686. The molecule has 1 N–H and O–H groups in total. The predicted molar refractivity (Wildman–Crippen MR) is 89.3 cm³/mol. The fraction of sp³-hybridized carbons (Fsp3) is 0.235. The second kappa shape index (κ2) is 7.96. The SMILES string of the molecule is CCOc1cccc(C[N-]c2nn[nH]n2)c1OCc1ccccc1. The molecule has 1 heterocycles. The van der Waals surface area contributed by atoms with Gasteiger partial charge in [0.05, 0.1) is 12.6 Å². The first-order valence-electron chi connectivity index (χ1n) is 7.69. The molecule has 24 heavy (non-hydrogen) atoms. The minimum atomic E-state index is 0.311. The van der Waals surface area contributed by atoms with Gasteiger partial charge in [0.25, 0.3) is 0 Å². The summed E-state index contributed by atoms with van der Waals surface area (Å²) >= 11 is 0. The van der Waals surface area contributed by atoms with Crippen LogP contribution in [0, 0.1) is 0 Å². The monoisotopic (exact) mass is 324 g/mol. The third kappa shape index (κ3) is 4.01. The summed E-state index contributed by atoms with van der Waals surface area (Å²) in [6, 6.07) is 15.8. The van der Waals surface area contributed by atoms with Crippen LogP contribution < -0.4 is 9.47 Å². The summed E-state index contributed by atoms with van der Waals surface area (Å²) in [5, 5.41) is 17.8.